The molecule has 0 spiro atoms. The molecule has 3 heterocycles. The molecule has 0 aliphatic carbocycles. The lowest BCUT2D eigenvalue weighted by Gasteiger charge is -2.10. The van der Waals surface area contributed by atoms with Crippen LogP contribution in [0.1, 0.15) is 5.76 Å². The Morgan fingerprint density at radius 2 is 1.92 bits per heavy atom. The smallest absolute Gasteiger partial charge is 0.163 e. The van der Waals surface area contributed by atoms with Gasteiger partial charge in [0.1, 0.15) is 11.6 Å². The van der Waals surface area contributed by atoms with Crippen LogP contribution in [0, 0.1) is 0 Å². The highest BCUT2D eigenvalue weighted by atomic mass is 35.5. The normalized spacial score (nSPS) is 10.0. The number of hydrogen-bond donors (Lipinski definition) is 1. The molecule has 0 fully saturated rings. The van der Waals surface area contributed by atoms with Gasteiger partial charge in [-0.05, 0) is 42.5 Å². The highest BCUT2D eigenvalue weighted by molar-refractivity contribution is 6.31. The van der Waals surface area contributed by atoms with Crippen molar-refractivity contribution in [2.24, 2.45) is 0 Å². The maximum atomic E-state index is 6.14. The molecule has 0 amide bonds. The molecule has 0 atom stereocenters. The molecule has 0 aliphatic heterocycles. The molecule has 5 nitrogen and oxygen atoms in total. The molecule has 1 N–H and O–H groups in total. The van der Waals surface area contributed by atoms with E-state index in [1.165, 1.54) is 0 Å². The number of benzene rings is 1. The van der Waals surface area contributed by atoms with Crippen molar-refractivity contribution in [2.45, 2.75) is 6.54 Å². The van der Waals surface area contributed by atoms with E-state index in [0.717, 1.165) is 22.2 Å². The maximum Gasteiger partial charge on any atom is 0.163 e. The van der Waals surface area contributed by atoms with Crippen LogP contribution in [-0.4, -0.2) is 15.0 Å². The molecular weight excluding hydrogens is 395 g/mol. The number of rotatable bonds is 4. The second-order valence-electron chi connectivity index (χ2n) is 5.23. The molecule has 0 saturated heterocycles. The largest absolute Gasteiger partial charge is 0.467 e. The fraction of sp³-hybridized carbons (Fsp3) is 0.0556. The topological polar surface area (TPSA) is 63.8 Å². The van der Waals surface area contributed by atoms with Gasteiger partial charge >= 0.3 is 0 Å². The minimum absolute atomic E-state index is 0. The molecule has 3 aromatic heterocycles. The van der Waals surface area contributed by atoms with Crippen LogP contribution in [-0.2, 0) is 6.54 Å². The molecule has 4 aromatic rings. The summed E-state index contributed by atoms with van der Waals surface area (Å²) < 4.78 is 5.36. The third kappa shape index (κ3) is 4.25. The Hall–Kier alpha value is -2.34. The van der Waals surface area contributed by atoms with E-state index in [1.54, 1.807) is 18.7 Å². The van der Waals surface area contributed by atoms with Crippen LogP contribution in [0.2, 0.25) is 5.02 Å². The lowest BCUT2D eigenvalue weighted by atomic mass is 10.2. The van der Waals surface area contributed by atoms with E-state index in [0.29, 0.717) is 23.2 Å². The number of nitrogens with one attached hydrogen (secondary N) is 1. The highest BCUT2D eigenvalue weighted by Crippen LogP contribution is 2.27. The number of fused-ring (bicyclic) bond motifs is 1. The van der Waals surface area contributed by atoms with Crippen LogP contribution in [0.5, 0.6) is 0 Å². The Labute approximate surface area is 167 Å². The quantitative estimate of drug-likeness (QED) is 0.489. The van der Waals surface area contributed by atoms with Crippen molar-refractivity contribution in [3.8, 4) is 11.4 Å². The van der Waals surface area contributed by atoms with E-state index in [-0.39, 0.29) is 24.8 Å². The minimum atomic E-state index is 0. The second kappa shape index (κ2) is 8.85. The molecule has 0 unspecified atom stereocenters. The van der Waals surface area contributed by atoms with Crippen molar-refractivity contribution in [1.29, 1.82) is 0 Å². The molecule has 4 rings (SSSR count). The van der Waals surface area contributed by atoms with Crippen molar-refractivity contribution in [3.05, 3.63) is 71.9 Å². The second-order valence-corrected chi connectivity index (χ2v) is 5.67. The predicted octanol–water partition coefficient (Wildman–Crippen LogP) is 5.39. The number of aromatic nitrogens is 3. The summed E-state index contributed by atoms with van der Waals surface area (Å²) in [5.74, 6) is 2.14. The van der Waals surface area contributed by atoms with Crippen molar-refractivity contribution >= 4 is 53.1 Å². The predicted molar refractivity (Wildman–Crippen MR) is 108 cm³/mol. The number of pyridine rings is 1. The number of hydrogen-bond acceptors (Lipinski definition) is 5. The standard InChI is InChI=1S/C18H13ClN4O.2ClH/c19-13-5-6-16-15(9-13)18(21-11-14-4-2-8-24-14)23-17(22-16)12-3-1-7-20-10-12;;/h1-10H,11H2,(H,21,22,23);2*1H. The first-order chi connectivity index (χ1) is 11.8. The van der Waals surface area contributed by atoms with E-state index in [4.69, 9.17) is 16.0 Å². The molecule has 8 heteroatoms. The fourth-order valence-corrected chi connectivity index (χ4v) is 2.62. The average Bonchev–Trinajstić information content (AvgIpc) is 3.14. The lowest BCUT2D eigenvalue weighted by molar-refractivity contribution is 0.518. The van der Waals surface area contributed by atoms with Gasteiger partial charge in [0.15, 0.2) is 5.82 Å². The van der Waals surface area contributed by atoms with Crippen LogP contribution < -0.4 is 5.32 Å². The summed E-state index contributed by atoms with van der Waals surface area (Å²) in [5, 5.41) is 4.81. The summed E-state index contributed by atoms with van der Waals surface area (Å²) in [6.07, 6.45) is 5.11. The van der Waals surface area contributed by atoms with Gasteiger partial charge in [0.05, 0.1) is 18.3 Å². The van der Waals surface area contributed by atoms with Crippen LogP contribution >= 0.6 is 36.4 Å². The van der Waals surface area contributed by atoms with Crippen LogP contribution in [0.3, 0.4) is 0 Å². The van der Waals surface area contributed by atoms with Crippen molar-refractivity contribution in [3.63, 3.8) is 0 Å². The zero-order chi connectivity index (χ0) is 16.4. The minimum Gasteiger partial charge on any atom is -0.467 e. The zero-order valence-corrected chi connectivity index (χ0v) is 15.8. The van der Waals surface area contributed by atoms with E-state index >= 15 is 0 Å². The maximum absolute atomic E-state index is 6.14. The summed E-state index contributed by atoms with van der Waals surface area (Å²) in [4.78, 5) is 13.4. The number of furan rings is 1. The van der Waals surface area contributed by atoms with Gasteiger partial charge in [-0.1, -0.05) is 11.6 Å². The van der Waals surface area contributed by atoms with Crippen LogP contribution in [0.4, 0.5) is 5.82 Å². The molecule has 0 aliphatic rings. The fourth-order valence-electron chi connectivity index (χ4n) is 2.44. The Kier molecular flexibility index (Phi) is 6.80. The Bertz CT molecular complexity index is 979. The van der Waals surface area contributed by atoms with Crippen molar-refractivity contribution in [2.75, 3.05) is 5.32 Å². The molecular formula is C18H15Cl3N4O. The summed E-state index contributed by atoms with van der Waals surface area (Å²) in [6, 6.07) is 13.1. The molecule has 134 valence electrons. The average molecular weight is 410 g/mol. The van der Waals surface area contributed by atoms with Gasteiger partial charge in [-0.15, -0.1) is 24.8 Å². The number of nitrogens with zero attached hydrogens (tertiary/aromatic N) is 3. The lowest BCUT2D eigenvalue weighted by Crippen LogP contribution is -2.03. The monoisotopic (exact) mass is 408 g/mol. The van der Waals surface area contributed by atoms with Gasteiger partial charge in [-0.25, -0.2) is 9.97 Å². The first-order valence-corrected chi connectivity index (χ1v) is 7.81. The summed E-state index contributed by atoms with van der Waals surface area (Å²) >= 11 is 6.14. The van der Waals surface area contributed by atoms with Gasteiger partial charge in [0, 0.05) is 28.4 Å². The third-order valence-electron chi connectivity index (χ3n) is 3.59. The third-order valence-corrected chi connectivity index (χ3v) is 3.82. The zero-order valence-electron chi connectivity index (χ0n) is 13.4. The van der Waals surface area contributed by atoms with Crippen molar-refractivity contribution < 1.29 is 4.42 Å². The summed E-state index contributed by atoms with van der Waals surface area (Å²) in [5.41, 5.74) is 1.67. The van der Waals surface area contributed by atoms with Gasteiger partial charge in [0.25, 0.3) is 0 Å². The van der Waals surface area contributed by atoms with Gasteiger partial charge in [-0.2, -0.15) is 0 Å². The molecule has 0 bridgehead atoms. The Morgan fingerprint density at radius 1 is 1.04 bits per heavy atom. The number of anilines is 1. The first kappa shape index (κ1) is 20.0. The van der Waals surface area contributed by atoms with Crippen molar-refractivity contribution in [1.82, 2.24) is 15.0 Å². The van der Waals surface area contributed by atoms with E-state index in [1.807, 2.05) is 42.5 Å². The summed E-state index contributed by atoms with van der Waals surface area (Å²) in [7, 11) is 0. The van der Waals surface area contributed by atoms with Crippen LogP contribution in [0.15, 0.2) is 65.5 Å². The van der Waals surface area contributed by atoms with Crippen LogP contribution in [0.25, 0.3) is 22.3 Å². The van der Waals surface area contributed by atoms with E-state index < -0.39 is 0 Å². The highest BCUT2D eigenvalue weighted by Gasteiger charge is 2.10. The molecule has 26 heavy (non-hydrogen) atoms. The Balaban J connectivity index is 0.00000121. The van der Waals surface area contributed by atoms with Gasteiger partial charge < -0.3 is 9.73 Å². The summed E-state index contributed by atoms with van der Waals surface area (Å²) in [6.45, 7) is 0.526. The number of halogens is 3. The van der Waals surface area contributed by atoms with Gasteiger partial charge in [-0.3, -0.25) is 4.98 Å². The van der Waals surface area contributed by atoms with E-state index in [2.05, 4.69) is 20.3 Å². The molecule has 1 aromatic carbocycles. The Morgan fingerprint density at radius 3 is 2.65 bits per heavy atom. The SMILES string of the molecule is Cl.Cl.Clc1ccc2nc(-c3cccnc3)nc(NCc3ccco3)c2c1. The van der Waals surface area contributed by atoms with Gasteiger partial charge in [0.2, 0.25) is 0 Å². The van der Waals surface area contributed by atoms with E-state index in [9.17, 15) is 0 Å². The molecule has 0 saturated carbocycles. The molecule has 0 radical (unpaired) electrons. The first-order valence-electron chi connectivity index (χ1n) is 7.43.